The summed E-state index contributed by atoms with van der Waals surface area (Å²) in [5.74, 6) is 0.0608. The van der Waals surface area contributed by atoms with Crippen molar-refractivity contribution in [3.63, 3.8) is 0 Å². The number of nitrogens with zero attached hydrogens (tertiary/aromatic N) is 1. The Kier molecular flexibility index (Phi) is 5.29. The maximum atomic E-state index is 13.4. The van der Waals surface area contributed by atoms with E-state index in [4.69, 9.17) is 0 Å². The van der Waals surface area contributed by atoms with Gasteiger partial charge < -0.3 is 5.32 Å². The Hall–Kier alpha value is -2.13. The van der Waals surface area contributed by atoms with Crippen LogP contribution in [-0.4, -0.2) is 28.9 Å². The van der Waals surface area contributed by atoms with Gasteiger partial charge in [0, 0.05) is 17.1 Å². The molecule has 0 unspecified atom stereocenters. The third-order valence-electron chi connectivity index (χ3n) is 6.95. The minimum Gasteiger partial charge on any atom is -0.343 e. The molecule has 2 fully saturated rings. The minimum absolute atomic E-state index is 0.0271. The second-order valence-electron chi connectivity index (χ2n) is 8.61. The van der Waals surface area contributed by atoms with E-state index in [1.54, 1.807) is 0 Å². The topological polar surface area (TPSA) is 32.3 Å². The second-order valence-corrected chi connectivity index (χ2v) is 8.61. The zero-order valence-corrected chi connectivity index (χ0v) is 17.4. The fourth-order valence-corrected chi connectivity index (χ4v) is 5.71. The molecule has 0 saturated carbocycles. The van der Waals surface area contributed by atoms with Crippen molar-refractivity contribution >= 4 is 5.91 Å². The van der Waals surface area contributed by atoms with Gasteiger partial charge in [0.15, 0.2) is 0 Å². The highest BCUT2D eigenvalue weighted by molar-refractivity contribution is 5.97. The fraction of sp³-hybridized carbons (Fsp3) is 0.480. The lowest BCUT2D eigenvalue weighted by Gasteiger charge is -2.42. The van der Waals surface area contributed by atoms with E-state index >= 15 is 0 Å². The number of aryl methyl sites for hydroxylation is 2. The zero-order valence-electron chi connectivity index (χ0n) is 17.4. The zero-order chi connectivity index (χ0) is 19.7. The number of hydrogen-bond donors (Lipinski definition) is 1. The molecule has 0 radical (unpaired) electrons. The maximum Gasteiger partial charge on any atom is 0.252 e. The molecule has 3 heteroatoms. The Labute approximate surface area is 169 Å². The average Bonchev–Trinajstić information content (AvgIpc) is 3.22. The van der Waals surface area contributed by atoms with Gasteiger partial charge >= 0.3 is 0 Å². The lowest BCUT2D eigenvalue weighted by atomic mass is 9.78. The van der Waals surface area contributed by atoms with Crippen molar-refractivity contribution in [1.29, 1.82) is 0 Å². The molecule has 2 aromatic rings. The van der Waals surface area contributed by atoms with Crippen LogP contribution in [0.4, 0.5) is 0 Å². The number of fused-ring (bicyclic) bond motifs is 2. The summed E-state index contributed by atoms with van der Waals surface area (Å²) in [6, 6.07) is 17.4. The van der Waals surface area contributed by atoms with Gasteiger partial charge in [-0.25, -0.2) is 0 Å². The van der Waals surface area contributed by atoms with E-state index in [1.165, 1.54) is 31.2 Å². The summed E-state index contributed by atoms with van der Waals surface area (Å²) in [6.07, 6.45) is 6.00. The third kappa shape index (κ3) is 3.16. The first kappa shape index (κ1) is 19.2. The van der Waals surface area contributed by atoms with E-state index in [2.05, 4.69) is 47.5 Å². The van der Waals surface area contributed by atoms with E-state index in [9.17, 15) is 4.79 Å². The van der Waals surface area contributed by atoms with Gasteiger partial charge in [0.2, 0.25) is 0 Å². The lowest BCUT2D eigenvalue weighted by molar-refractivity contribution is 0.0781. The smallest absolute Gasteiger partial charge is 0.252 e. The summed E-state index contributed by atoms with van der Waals surface area (Å²) >= 11 is 0. The molecule has 2 saturated heterocycles. The van der Waals surface area contributed by atoms with Crippen molar-refractivity contribution in [3.05, 3.63) is 70.8 Å². The van der Waals surface area contributed by atoms with Crippen LogP contribution in [0.2, 0.25) is 0 Å². The van der Waals surface area contributed by atoms with Crippen LogP contribution in [0.1, 0.15) is 72.1 Å². The Morgan fingerprint density at radius 3 is 2.32 bits per heavy atom. The first-order valence-electron chi connectivity index (χ1n) is 10.8. The molecule has 2 aromatic carbocycles. The predicted octanol–water partition coefficient (Wildman–Crippen LogP) is 5.18. The van der Waals surface area contributed by atoms with Gasteiger partial charge in [0.05, 0.1) is 6.04 Å². The number of benzene rings is 2. The number of carbonyl (C=O) groups excluding carboxylic acids is 1. The van der Waals surface area contributed by atoms with Crippen LogP contribution >= 0.6 is 0 Å². The van der Waals surface area contributed by atoms with Crippen LogP contribution in [0.25, 0.3) is 0 Å². The average molecular weight is 377 g/mol. The van der Waals surface area contributed by atoms with Crippen molar-refractivity contribution in [3.8, 4) is 0 Å². The van der Waals surface area contributed by atoms with Gasteiger partial charge in [-0.3, -0.25) is 9.69 Å². The number of hydrogen-bond acceptors (Lipinski definition) is 2. The molecule has 28 heavy (non-hydrogen) atoms. The summed E-state index contributed by atoms with van der Waals surface area (Å²) in [5.41, 5.74) is 4.19. The predicted molar refractivity (Wildman–Crippen MR) is 115 cm³/mol. The van der Waals surface area contributed by atoms with E-state index in [-0.39, 0.29) is 17.5 Å². The van der Waals surface area contributed by atoms with Crippen LogP contribution < -0.4 is 5.32 Å². The van der Waals surface area contributed by atoms with Crippen molar-refractivity contribution in [2.45, 2.75) is 70.5 Å². The molecule has 1 N–H and O–H groups in total. The van der Waals surface area contributed by atoms with Crippen molar-refractivity contribution in [1.82, 2.24) is 10.2 Å². The molecule has 1 amide bonds. The molecule has 2 aliphatic heterocycles. The number of rotatable bonds is 6. The second kappa shape index (κ2) is 7.71. The molecule has 0 aliphatic carbocycles. The van der Waals surface area contributed by atoms with E-state index in [1.807, 2.05) is 32.0 Å². The minimum atomic E-state index is 0.0271. The standard InChI is InChI=1S/C25H32N2O/c1-4-17-27-21-13-15-25(27,16-14-21)23(20-11-6-5-7-12-20)26-24(28)22-18(2)9-8-10-19(22)3/h5-12,21,23H,4,13-17H2,1-3H3,(H,26,28)/t21?,23-,25?/m1/s1. The quantitative estimate of drug-likeness (QED) is 0.753. The van der Waals surface area contributed by atoms with Crippen LogP contribution in [-0.2, 0) is 0 Å². The van der Waals surface area contributed by atoms with Gasteiger partial charge in [-0.1, -0.05) is 55.5 Å². The van der Waals surface area contributed by atoms with Crippen LogP contribution in [0.5, 0.6) is 0 Å². The van der Waals surface area contributed by atoms with Gasteiger partial charge in [-0.05, 0) is 69.2 Å². The molecule has 2 heterocycles. The number of carbonyl (C=O) groups is 1. The molecule has 0 spiro atoms. The molecule has 2 bridgehead atoms. The fourth-order valence-electron chi connectivity index (χ4n) is 5.71. The molecule has 0 aromatic heterocycles. The summed E-state index contributed by atoms with van der Waals surface area (Å²) < 4.78 is 0. The first-order chi connectivity index (χ1) is 13.6. The molecule has 1 atom stereocenters. The van der Waals surface area contributed by atoms with Crippen molar-refractivity contribution < 1.29 is 4.79 Å². The Morgan fingerprint density at radius 2 is 1.71 bits per heavy atom. The van der Waals surface area contributed by atoms with Gasteiger partial charge in [0.1, 0.15) is 0 Å². The molecule has 148 valence electrons. The Bertz CT molecular complexity index is 817. The summed E-state index contributed by atoms with van der Waals surface area (Å²) in [5, 5.41) is 3.50. The monoisotopic (exact) mass is 376 g/mol. The first-order valence-corrected chi connectivity index (χ1v) is 10.8. The SMILES string of the molecule is CCCN1C2CCC1([C@H](NC(=O)c1c(C)cccc1C)c1ccccc1)CC2. The lowest BCUT2D eigenvalue weighted by Crippen LogP contribution is -2.52. The van der Waals surface area contributed by atoms with E-state index < -0.39 is 0 Å². The van der Waals surface area contributed by atoms with Crippen molar-refractivity contribution in [2.24, 2.45) is 0 Å². The molecular weight excluding hydrogens is 344 g/mol. The Morgan fingerprint density at radius 1 is 1.07 bits per heavy atom. The highest BCUT2D eigenvalue weighted by Crippen LogP contribution is 2.52. The largest absolute Gasteiger partial charge is 0.343 e. The number of amides is 1. The van der Waals surface area contributed by atoms with E-state index in [0.717, 1.165) is 29.7 Å². The van der Waals surface area contributed by atoms with Crippen molar-refractivity contribution in [2.75, 3.05) is 6.54 Å². The van der Waals surface area contributed by atoms with Crippen LogP contribution in [0.15, 0.2) is 48.5 Å². The number of nitrogens with one attached hydrogen (secondary N) is 1. The van der Waals surface area contributed by atoms with Gasteiger partial charge in [-0.2, -0.15) is 0 Å². The summed E-state index contributed by atoms with van der Waals surface area (Å²) in [6.45, 7) is 7.44. The maximum absolute atomic E-state index is 13.4. The summed E-state index contributed by atoms with van der Waals surface area (Å²) in [7, 11) is 0. The Balaban J connectivity index is 1.72. The summed E-state index contributed by atoms with van der Waals surface area (Å²) in [4.78, 5) is 16.2. The molecule has 3 nitrogen and oxygen atoms in total. The molecule has 4 rings (SSSR count). The van der Waals surface area contributed by atoms with Crippen LogP contribution in [0, 0.1) is 13.8 Å². The third-order valence-corrected chi connectivity index (χ3v) is 6.95. The highest BCUT2D eigenvalue weighted by atomic mass is 16.1. The normalized spacial score (nSPS) is 25.0. The highest BCUT2D eigenvalue weighted by Gasteiger charge is 2.55. The van der Waals surface area contributed by atoms with Gasteiger partial charge in [-0.15, -0.1) is 0 Å². The van der Waals surface area contributed by atoms with Gasteiger partial charge in [0.25, 0.3) is 5.91 Å². The molecule has 2 aliphatic rings. The van der Waals surface area contributed by atoms with E-state index in [0.29, 0.717) is 6.04 Å². The van der Waals surface area contributed by atoms with Crippen LogP contribution in [0.3, 0.4) is 0 Å². The molecular formula is C25H32N2O.